The Balaban J connectivity index is 2.21. The highest BCUT2D eigenvalue weighted by Gasteiger charge is 2.44. The van der Waals surface area contributed by atoms with Gasteiger partial charge >= 0.3 is 0 Å². The fourth-order valence-electron chi connectivity index (χ4n) is 3.95. The minimum atomic E-state index is 0.328. The smallest absolute Gasteiger partial charge is 0.0931 e. The largest absolute Gasteiger partial charge is 0.315 e. The maximum Gasteiger partial charge on any atom is 0.0931 e. The number of halogens is 1. The van der Waals surface area contributed by atoms with Gasteiger partial charge in [0.05, 0.1) is 4.34 Å². The summed E-state index contributed by atoms with van der Waals surface area (Å²) in [6.07, 6.45) is 6.45. The molecular formula is C16H27ClN2S. The van der Waals surface area contributed by atoms with Crippen LogP contribution in [0.15, 0.2) is 12.1 Å². The van der Waals surface area contributed by atoms with E-state index in [4.69, 9.17) is 11.6 Å². The third-order valence-electron chi connectivity index (χ3n) is 4.89. The molecule has 0 spiro atoms. The van der Waals surface area contributed by atoms with Gasteiger partial charge in [-0.3, -0.25) is 4.90 Å². The van der Waals surface area contributed by atoms with Crippen LogP contribution in [0.25, 0.3) is 0 Å². The number of nitrogens with zero attached hydrogens (tertiary/aromatic N) is 1. The molecule has 0 amide bonds. The van der Waals surface area contributed by atoms with Gasteiger partial charge in [-0.2, -0.15) is 0 Å². The summed E-state index contributed by atoms with van der Waals surface area (Å²) in [6.45, 7) is 6.86. The highest BCUT2D eigenvalue weighted by molar-refractivity contribution is 7.16. The summed E-state index contributed by atoms with van der Waals surface area (Å²) >= 11 is 7.81. The molecule has 1 atom stereocenters. The summed E-state index contributed by atoms with van der Waals surface area (Å²) < 4.78 is 0.901. The zero-order chi connectivity index (χ0) is 14.6. The Hall–Kier alpha value is -0.0900. The van der Waals surface area contributed by atoms with Crippen LogP contribution < -0.4 is 5.32 Å². The molecule has 0 saturated heterocycles. The van der Waals surface area contributed by atoms with Crippen molar-refractivity contribution < 1.29 is 0 Å². The van der Waals surface area contributed by atoms with Gasteiger partial charge in [0, 0.05) is 16.5 Å². The van der Waals surface area contributed by atoms with E-state index in [9.17, 15) is 0 Å². The Labute approximate surface area is 132 Å². The Morgan fingerprint density at radius 1 is 1.30 bits per heavy atom. The van der Waals surface area contributed by atoms with Gasteiger partial charge in [0.15, 0.2) is 0 Å². The van der Waals surface area contributed by atoms with Crippen LogP contribution in [-0.2, 0) is 6.42 Å². The van der Waals surface area contributed by atoms with Gasteiger partial charge in [0.25, 0.3) is 0 Å². The SMILES string of the molecule is CCN(CC)C1(C(Cc2ccc(Cl)s2)NC)CCCC1. The normalized spacial score (nSPS) is 19.6. The predicted octanol–water partition coefficient (Wildman–Crippen LogP) is 4.19. The van der Waals surface area contributed by atoms with E-state index in [0.717, 1.165) is 23.8 Å². The average Bonchev–Trinajstić information content (AvgIpc) is 3.07. The van der Waals surface area contributed by atoms with Crippen LogP contribution in [0.1, 0.15) is 44.4 Å². The molecular weight excluding hydrogens is 288 g/mol. The second-order valence-corrected chi connectivity index (χ2v) is 7.53. The Morgan fingerprint density at radius 2 is 1.95 bits per heavy atom. The highest BCUT2D eigenvalue weighted by atomic mass is 35.5. The molecule has 0 aromatic carbocycles. The first-order chi connectivity index (χ1) is 9.66. The molecule has 114 valence electrons. The fourth-order valence-corrected chi connectivity index (χ4v) is 5.08. The van der Waals surface area contributed by atoms with Gasteiger partial charge in [-0.1, -0.05) is 38.3 Å². The van der Waals surface area contributed by atoms with Crippen LogP contribution in [-0.4, -0.2) is 36.6 Å². The Morgan fingerprint density at radius 3 is 2.40 bits per heavy atom. The van der Waals surface area contributed by atoms with Crippen LogP contribution in [0.3, 0.4) is 0 Å². The van der Waals surface area contributed by atoms with E-state index in [-0.39, 0.29) is 0 Å². The molecule has 0 bridgehead atoms. The molecule has 2 rings (SSSR count). The van der Waals surface area contributed by atoms with Crippen molar-refractivity contribution in [3.8, 4) is 0 Å². The quantitative estimate of drug-likeness (QED) is 0.812. The van der Waals surface area contributed by atoms with Crippen molar-refractivity contribution in [2.45, 2.75) is 57.5 Å². The van der Waals surface area contributed by atoms with Crippen molar-refractivity contribution >= 4 is 22.9 Å². The molecule has 1 aliphatic carbocycles. The topological polar surface area (TPSA) is 15.3 Å². The lowest BCUT2D eigenvalue weighted by atomic mass is 9.83. The minimum Gasteiger partial charge on any atom is -0.315 e. The molecule has 1 heterocycles. The number of hydrogen-bond acceptors (Lipinski definition) is 3. The van der Waals surface area contributed by atoms with E-state index in [1.807, 2.05) is 6.07 Å². The standard InChI is InChI=1S/C16H27ClN2S/c1-4-19(5-2)16(10-6-7-11-16)14(18-3)12-13-8-9-15(17)20-13/h8-9,14,18H,4-7,10-12H2,1-3H3. The maximum atomic E-state index is 6.09. The number of nitrogens with one attached hydrogen (secondary N) is 1. The van der Waals surface area contributed by atoms with Gasteiger partial charge < -0.3 is 5.32 Å². The summed E-state index contributed by atoms with van der Waals surface area (Å²) in [6, 6.07) is 4.72. The van der Waals surface area contributed by atoms with Crippen LogP contribution in [0.4, 0.5) is 0 Å². The van der Waals surface area contributed by atoms with Crippen molar-refractivity contribution in [1.29, 1.82) is 0 Å². The van der Waals surface area contributed by atoms with Crippen LogP contribution in [0, 0.1) is 0 Å². The first kappa shape index (κ1) is 16.3. The minimum absolute atomic E-state index is 0.328. The van der Waals surface area contributed by atoms with E-state index in [1.54, 1.807) is 11.3 Å². The van der Waals surface area contributed by atoms with Crippen molar-refractivity contribution in [1.82, 2.24) is 10.2 Å². The molecule has 1 saturated carbocycles. The summed E-state index contributed by atoms with van der Waals surface area (Å²) in [7, 11) is 2.11. The zero-order valence-electron chi connectivity index (χ0n) is 12.9. The second kappa shape index (κ2) is 7.26. The molecule has 0 radical (unpaired) electrons. The van der Waals surface area contributed by atoms with Crippen LogP contribution >= 0.6 is 22.9 Å². The third kappa shape index (κ3) is 3.22. The average molecular weight is 315 g/mol. The lowest BCUT2D eigenvalue weighted by Gasteiger charge is -2.46. The van der Waals surface area contributed by atoms with E-state index in [2.05, 4.69) is 37.2 Å². The fraction of sp³-hybridized carbons (Fsp3) is 0.750. The maximum absolute atomic E-state index is 6.09. The molecule has 4 heteroatoms. The van der Waals surface area contributed by atoms with Crippen LogP contribution in [0.5, 0.6) is 0 Å². The van der Waals surface area contributed by atoms with Gasteiger partial charge in [-0.05, 0) is 51.5 Å². The second-order valence-electron chi connectivity index (χ2n) is 5.73. The summed E-state index contributed by atoms with van der Waals surface area (Å²) in [5.74, 6) is 0. The molecule has 0 aliphatic heterocycles. The van der Waals surface area contributed by atoms with Crippen molar-refractivity contribution in [3.63, 3.8) is 0 Å². The number of rotatable bonds is 7. The lowest BCUT2D eigenvalue weighted by Crippen LogP contribution is -2.60. The molecule has 1 N–H and O–H groups in total. The molecule has 1 unspecified atom stereocenters. The molecule has 1 aromatic heterocycles. The Kier molecular flexibility index (Phi) is 5.91. The van der Waals surface area contributed by atoms with Crippen molar-refractivity contribution in [2.75, 3.05) is 20.1 Å². The summed E-state index contributed by atoms with van der Waals surface area (Å²) in [5, 5.41) is 3.61. The molecule has 1 fully saturated rings. The number of hydrogen-bond donors (Lipinski definition) is 1. The van der Waals surface area contributed by atoms with E-state index < -0.39 is 0 Å². The lowest BCUT2D eigenvalue weighted by molar-refractivity contribution is 0.0661. The molecule has 1 aromatic rings. The first-order valence-corrected chi connectivity index (χ1v) is 9.02. The monoisotopic (exact) mass is 314 g/mol. The van der Waals surface area contributed by atoms with Gasteiger partial charge in [0.1, 0.15) is 0 Å². The molecule has 2 nitrogen and oxygen atoms in total. The summed E-state index contributed by atoms with van der Waals surface area (Å²) in [5.41, 5.74) is 0.328. The highest BCUT2D eigenvalue weighted by Crippen LogP contribution is 2.39. The molecule has 20 heavy (non-hydrogen) atoms. The Bertz CT molecular complexity index is 408. The van der Waals surface area contributed by atoms with Gasteiger partial charge in [-0.15, -0.1) is 11.3 Å². The van der Waals surface area contributed by atoms with Gasteiger partial charge in [-0.25, -0.2) is 0 Å². The van der Waals surface area contributed by atoms with Crippen LogP contribution in [0.2, 0.25) is 4.34 Å². The van der Waals surface area contributed by atoms with Crippen molar-refractivity contribution in [3.05, 3.63) is 21.3 Å². The van der Waals surface area contributed by atoms with Gasteiger partial charge in [0.2, 0.25) is 0 Å². The molecule has 1 aliphatic rings. The van der Waals surface area contributed by atoms with Crippen molar-refractivity contribution in [2.24, 2.45) is 0 Å². The summed E-state index contributed by atoms with van der Waals surface area (Å²) in [4.78, 5) is 4.07. The van der Waals surface area contributed by atoms with E-state index in [0.29, 0.717) is 11.6 Å². The first-order valence-electron chi connectivity index (χ1n) is 7.82. The number of thiophene rings is 1. The van der Waals surface area contributed by atoms with E-state index in [1.165, 1.54) is 30.6 Å². The predicted molar refractivity (Wildman–Crippen MR) is 90.0 cm³/mol. The number of likely N-dealkylation sites (N-methyl/N-ethyl adjacent to an activating group) is 2. The zero-order valence-corrected chi connectivity index (χ0v) is 14.5. The third-order valence-corrected chi connectivity index (χ3v) is 6.15. The van der Waals surface area contributed by atoms with E-state index >= 15 is 0 Å².